The summed E-state index contributed by atoms with van der Waals surface area (Å²) in [5.41, 5.74) is 2.19. The van der Waals surface area contributed by atoms with Gasteiger partial charge in [-0.05, 0) is 62.3 Å². The number of rotatable bonds is 9. The summed E-state index contributed by atoms with van der Waals surface area (Å²) in [4.78, 5) is 62.3. The van der Waals surface area contributed by atoms with Crippen molar-refractivity contribution in [1.29, 1.82) is 0 Å². The van der Waals surface area contributed by atoms with Crippen molar-refractivity contribution in [3.63, 3.8) is 0 Å². The van der Waals surface area contributed by atoms with Crippen LogP contribution in [0.5, 0.6) is 11.6 Å². The lowest BCUT2D eigenvalue weighted by Gasteiger charge is -2.35. The van der Waals surface area contributed by atoms with E-state index in [1.54, 1.807) is 30.3 Å². The number of amides is 4. The summed E-state index contributed by atoms with van der Waals surface area (Å²) in [6.07, 6.45) is 7.72. The van der Waals surface area contributed by atoms with Crippen LogP contribution in [0, 0.1) is 0 Å². The lowest BCUT2D eigenvalue weighted by Crippen LogP contribution is -2.52. The molecule has 2 fully saturated rings. The van der Waals surface area contributed by atoms with Crippen LogP contribution in [0.4, 0.5) is 0 Å². The Morgan fingerprint density at radius 3 is 2.80 bits per heavy atom. The van der Waals surface area contributed by atoms with E-state index in [1.165, 1.54) is 4.90 Å². The zero-order chi connectivity index (χ0) is 28.2. The second-order valence-corrected chi connectivity index (χ2v) is 10.5. The van der Waals surface area contributed by atoms with E-state index in [0.29, 0.717) is 36.8 Å². The Kier molecular flexibility index (Phi) is 8.27. The summed E-state index contributed by atoms with van der Waals surface area (Å²) < 4.78 is 11.6. The molecule has 1 N–H and O–H groups in total. The highest BCUT2D eigenvalue weighted by atomic mass is 16.5. The molecular weight excluding hydrogens is 514 g/mol. The molecule has 212 valence electrons. The smallest absolute Gasteiger partial charge is 0.292 e. The molecule has 2 aromatic rings. The van der Waals surface area contributed by atoms with Gasteiger partial charge < -0.3 is 19.3 Å². The van der Waals surface area contributed by atoms with Gasteiger partial charge in [0.15, 0.2) is 0 Å². The molecule has 0 bridgehead atoms. The summed E-state index contributed by atoms with van der Waals surface area (Å²) in [5.74, 6) is -0.0689. The molecule has 4 heterocycles. The van der Waals surface area contributed by atoms with Crippen molar-refractivity contribution in [3.05, 3.63) is 46.9 Å². The first-order valence-electron chi connectivity index (χ1n) is 14.0. The predicted octanol–water partition coefficient (Wildman–Crippen LogP) is 2.66. The molecule has 0 radical (unpaired) electrons. The van der Waals surface area contributed by atoms with Crippen molar-refractivity contribution in [2.45, 2.75) is 76.9 Å². The molecule has 1 aromatic carbocycles. The van der Waals surface area contributed by atoms with Crippen molar-refractivity contribution in [1.82, 2.24) is 25.1 Å². The number of ether oxygens (including phenoxy) is 2. The quantitative estimate of drug-likeness (QED) is 0.473. The van der Waals surface area contributed by atoms with Crippen molar-refractivity contribution in [3.8, 4) is 11.6 Å². The summed E-state index contributed by atoms with van der Waals surface area (Å²) in [7, 11) is 1.55. The highest BCUT2D eigenvalue weighted by molar-refractivity contribution is 6.05. The van der Waals surface area contributed by atoms with Crippen molar-refractivity contribution < 1.29 is 28.7 Å². The molecule has 2 saturated heterocycles. The molecule has 40 heavy (non-hydrogen) atoms. The Hall–Kier alpha value is -4.02. The summed E-state index contributed by atoms with van der Waals surface area (Å²) >= 11 is 0. The number of carbonyl (C=O) groups is 4. The zero-order valence-electron chi connectivity index (χ0n) is 23.0. The molecule has 2 atom stereocenters. The fraction of sp³-hybridized carbons (Fsp3) is 0.517. The van der Waals surface area contributed by atoms with Crippen molar-refractivity contribution in [2.75, 3.05) is 20.3 Å². The number of methoxy groups -OCH3 is 1. The molecular formula is C29H35N5O6. The predicted molar refractivity (Wildman–Crippen MR) is 144 cm³/mol. The van der Waals surface area contributed by atoms with Crippen LogP contribution in [0.15, 0.2) is 24.4 Å². The number of imide groups is 1. The van der Waals surface area contributed by atoms with Crippen molar-refractivity contribution in [2.24, 2.45) is 0 Å². The van der Waals surface area contributed by atoms with Gasteiger partial charge in [-0.3, -0.25) is 24.5 Å². The second-order valence-electron chi connectivity index (χ2n) is 10.5. The van der Waals surface area contributed by atoms with Crippen LogP contribution in [-0.2, 0) is 22.6 Å². The molecule has 4 amide bonds. The van der Waals surface area contributed by atoms with Crippen LogP contribution < -0.4 is 14.8 Å². The third kappa shape index (κ3) is 5.64. The number of piperidine rings is 2. The van der Waals surface area contributed by atoms with Gasteiger partial charge in [0, 0.05) is 36.8 Å². The van der Waals surface area contributed by atoms with Gasteiger partial charge in [-0.1, -0.05) is 13.3 Å². The van der Waals surface area contributed by atoms with Gasteiger partial charge in [-0.15, -0.1) is 0 Å². The minimum Gasteiger partial charge on any atom is -0.491 e. The number of hydrogen-bond acceptors (Lipinski definition) is 8. The highest BCUT2D eigenvalue weighted by Crippen LogP contribution is 2.31. The van der Waals surface area contributed by atoms with Crippen LogP contribution in [0.3, 0.4) is 0 Å². The van der Waals surface area contributed by atoms with Crippen LogP contribution in [0.2, 0.25) is 0 Å². The third-order valence-electron chi connectivity index (χ3n) is 7.83. The minimum atomic E-state index is -0.662. The first-order chi connectivity index (χ1) is 19.4. The molecule has 5 rings (SSSR count). The van der Waals surface area contributed by atoms with E-state index in [0.717, 1.165) is 49.7 Å². The Morgan fingerprint density at radius 2 is 2.02 bits per heavy atom. The summed E-state index contributed by atoms with van der Waals surface area (Å²) in [6, 6.07) is 4.46. The maximum Gasteiger partial charge on any atom is 0.292 e. The molecule has 0 saturated carbocycles. The molecule has 0 aliphatic carbocycles. The number of carbonyl (C=O) groups excluding carboxylic acids is 4. The van der Waals surface area contributed by atoms with Crippen LogP contribution in [0.1, 0.15) is 84.0 Å². The van der Waals surface area contributed by atoms with E-state index in [2.05, 4.69) is 22.2 Å². The zero-order valence-corrected chi connectivity index (χ0v) is 23.0. The molecule has 11 nitrogen and oxygen atoms in total. The number of unbranched alkanes of at least 4 members (excludes halogenated alkanes) is 1. The van der Waals surface area contributed by atoms with Crippen LogP contribution in [0.25, 0.3) is 0 Å². The number of likely N-dealkylation sites (tertiary alicyclic amines) is 1. The summed E-state index contributed by atoms with van der Waals surface area (Å²) in [5, 5.41) is 2.32. The van der Waals surface area contributed by atoms with Gasteiger partial charge in [-0.25, -0.2) is 4.98 Å². The number of aryl methyl sites for hydroxylation is 1. The first-order valence-corrected chi connectivity index (χ1v) is 14.0. The molecule has 3 aliphatic heterocycles. The van der Waals surface area contributed by atoms with E-state index in [-0.39, 0.29) is 42.6 Å². The van der Waals surface area contributed by atoms with E-state index < -0.39 is 11.9 Å². The third-order valence-corrected chi connectivity index (χ3v) is 7.83. The standard InChI is InChI=1S/C29H35N5O6/c1-3-4-7-18-15-30-25(32-27(18)39-2)29(38)33-13-6-5-8-20(33)17-40-21-9-10-22-19(14-21)16-34(28(22)37)23-11-12-24(35)31-26(23)36/h9-10,14-15,20,23H,3-8,11-13,16-17H2,1-2H3,(H,31,35,36). The number of nitrogens with zero attached hydrogens (tertiary/aromatic N) is 4. The van der Waals surface area contributed by atoms with Gasteiger partial charge in [-0.2, -0.15) is 4.98 Å². The molecule has 0 spiro atoms. The largest absolute Gasteiger partial charge is 0.491 e. The lowest BCUT2D eigenvalue weighted by atomic mass is 10.0. The van der Waals surface area contributed by atoms with Crippen LogP contribution >= 0.6 is 0 Å². The SMILES string of the molecule is CCCCc1cnc(C(=O)N2CCCCC2COc2ccc3c(c2)CN(C2CCC(=O)NC2=O)C3=O)nc1OC. The number of benzene rings is 1. The number of nitrogens with one attached hydrogen (secondary N) is 1. The fourth-order valence-corrected chi connectivity index (χ4v) is 5.61. The molecule has 1 aromatic heterocycles. The van der Waals surface area contributed by atoms with Gasteiger partial charge in [0.2, 0.25) is 23.5 Å². The number of aromatic nitrogens is 2. The number of hydrogen-bond donors (Lipinski definition) is 1. The number of fused-ring (bicyclic) bond motifs is 1. The average molecular weight is 550 g/mol. The Morgan fingerprint density at radius 1 is 1.18 bits per heavy atom. The maximum atomic E-state index is 13.4. The van der Waals surface area contributed by atoms with Gasteiger partial charge >= 0.3 is 0 Å². The van der Waals surface area contributed by atoms with Gasteiger partial charge in [0.1, 0.15) is 18.4 Å². The van der Waals surface area contributed by atoms with E-state index >= 15 is 0 Å². The highest BCUT2D eigenvalue weighted by Gasteiger charge is 2.39. The fourth-order valence-electron chi connectivity index (χ4n) is 5.61. The first kappa shape index (κ1) is 27.5. The molecule has 2 unspecified atom stereocenters. The molecule has 11 heteroatoms. The van der Waals surface area contributed by atoms with E-state index in [4.69, 9.17) is 9.47 Å². The Labute approximate surface area is 233 Å². The van der Waals surface area contributed by atoms with Crippen molar-refractivity contribution >= 4 is 23.6 Å². The average Bonchev–Trinajstić information content (AvgIpc) is 3.29. The topological polar surface area (TPSA) is 131 Å². The van der Waals surface area contributed by atoms with Gasteiger partial charge in [0.05, 0.1) is 13.2 Å². The molecule has 3 aliphatic rings. The van der Waals surface area contributed by atoms with Gasteiger partial charge in [0.25, 0.3) is 11.8 Å². The Balaban J connectivity index is 1.24. The minimum absolute atomic E-state index is 0.119. The summed E-state index contributed by atoms with van der Waals surface area (Å²) in [6.45, 7) is 3.28. The Bertz CT molecular complexity index is 1310. The lowest BCUT2D eigenvalue weighted by molar-refractivity contribution is -0.136. The second kappa shape index (κ2) is 12.0. The maximum absolute atomic E-state index is 13.4. The van der Waals surface area contributed by atoms with Crippen LogP contribution in [-0.4, -0.2) is 75.7 Å². The monoisotopic (exact) mass is 549 g/mol. The normalized spacial score (nSPS) is 20.8. The van der Waals surface area contributed by atoms with E-state index in [1.807, 2.05) is 6.07 Å². The van der Waals surface area contributed by atoms with E-state index in [9.17, 15) is 19.2 Å².